The van der Waals surface area contributed by atoms with Crippen LogP contribution < -0.4 is 0 Å². The van der Waals surface area contributed by atoms with Gasteiger partial charge in [0.05, 0.1) is 12.0 Å². The van der Waals surface area contributed by atoms with Gasteiger partial charge in [0.1, 0.15) is 17.3 Å². The largest absolute Gasteiger partial charge is 0.444 e. The lowest BCUT2D eigenvalue weighted by Crippen LogP contribution is -2.66. The molecule has 1 atom stereocenters. The van der Waals surface area contributed by atoms with Crippen LogP contribution in [0.5, 0.6) is 0 Å². The average molecular weight is 461 g/mol. The minimum absolute atomic E-state index is 0.0617. The van der Waals surface area contributed by atoms with Crippen LogP contribution in [0, 0.1) is 16.7 Å². The van der Waals surface area contributed by atoms with Gasteiger partial charge in [0, 0.05) is 36.5 Å². The highest BCUT2D eigenvalue weighted by molar-refractivity contribution is 5.70. The Hall–Kier alpha value is -3.12. The molecule has 2 aromatic rings. The molecule has 6 nitrogen and oxygen atoms in total. The number of ether oxygens (including phenoxy) is 1. The van der Waals surface area contributed by atoms with Crippen molar-refractivity contribution >= 4 is 6.09 Å². The second-order valence-corrected chi connectivity index (χ2v) is 9.67. The van der Waals surface area contributed by atoms with Gasteiger partial charge in [-0.1, -0.05) is 31.2 Å². The highest BCUT2D eigenvalue weighted by Crippen LogP contribution is 2.50. The van der Waals surface area contributed by atoms with E-state index in [1.807, 2.05) is 6.07 Å². The molecule has 0 bridgehead atoms. The number of carbonyl (C=O) groups is 1. The van der Waals surface area contributed by atoms with Crippen molar-refractivity contribution in [1.82, 2.24) is 9.88 Å². The van der Waals surface area contributed by atoms with Gasteiger partial charge in [0.15, 0.2) is 0 Å². The van der Waals surface area contributed by atoms with Crippen LogP contribution in [0.25, 0.3) is 0 Å². The van der Waals surface area contributed by atoms with E-state index in [0.29, 0.717) is 11.1 Å². The first-order chi connectivity index (χ1) is 15.2. The van der Waals surface area contributed by atoms with Crippen molar-refractivity contribution in [2.45, 2.75) is 51.5 Å². The number of halogens is 3. The first-order valence-electron chi connectivity index (χ1n) is 10.4. The molecule has 33 heavy (non-hydrogen) atoms. The monoisotopic (exact) mass is 461 g/mol. The van der Waals surface area contributed by atoms with Gasteiger partial charge in [-0.25, -0.2) is 4.79 Å². The van der Waals surface area contributed by atoms with Crippen LogP contribution in [0.2, 0.25) is 0 Å². The lowest BCUT2D eigenvalue weighted by Gasteiger charge is -2.56. The van der Waals surface area contributed by atoms with Crippen molar-refractivity contribution in [2.75, 3.05) is 13.1 Å². The van der Waals surface area contributed by atoms with E-state index in [4.69, 9.17) is 4.74 Å². The number of aromatic nitrogens is 1. The Morgan fingerprint density at radius 1 is 1.18 bits per heavy atom. The summed E-state index contributed by atoms with van der Waals surface area (Å²) in [7, 11) is 0. The van der Waals surface area contributed by atoms with Gasteiger partial charge in [-0.2, -0.15) is 18.4 Å². The Morgan fingerprint density at radius 3 is 2.30 bits per heavy atom. The van der Waals surface area contributed by atoms with Crippen LogP contribution in [-0.4, -0.2) is 46.0 Å². The number of nitriles is 1. The van der Waals surface area contributed by atoms with Crippen molar-refractivity contribution < 1.29 is 27.8 Å². The smallest absolute Gasteiger partial charge is 0.410 e. The third kappa shape index (κ3) is 5.11. The van der Waals surface area contributed by atoms with Gasteiger partial charge in [-0.3, -0.25) is 4.98 Å². The Labute approximate surface area is 190 Å². The van der Waals surface area contributed by atoms with E-state index < -0.39 is 35.3 Å². The fourth-order valence-electron chi connectivity index (χ4n) is 4.14. The molecule has 0 aliphatic carbocycles. The molecule has 0 radical (unpaired) electrons. The summed E-state index contributed by atoms with van der Waals surface area (Å²) in [5.41, 5.74) is -2.36. The molecule has 1 fully saturated rings. The van der Waals surface area contributed by atoms with Gasteiger partial charge < -0.3 is 14.7 Å². The van der Waals surface area contributed by atoms with Crippen LogP contribution in [-0.2, 0) is 16.8 Å². The summed E-state index contributed by atoms with van der Waals surface area (Å²) in [6, 6.07) is 9.02. The molecule has 176 valence electrons. The Morgan fingerprint density at radius 2 is 1.79 bits per heavy atom. The van der Waals surface area contributed by atoms with Gasteiger partial charge >= 0.3 is 12.3 Å². The highest BCUT2D eigenvalue weighted by Gasteiger charge is 2.58. The summed E-state index contributed by atoms with van der Waals surface area (Å²) in [6.45, 7) is 7.31. The lowest BCUT2D eigenvalue weighted by molar-refractivity contribution is -0.131. The molecule has 1 aliphatic heterocycles. The number of likely N-dealkylation sites (tertiary alicyclic amines) is 1. The molecule has 1 N–H and O–H groups in total. The maximum absolute atomic E-state index is 12.8. The third-order valence-corrected chi connectivity index (χ3v) is 5.67. The van der Waals surface area contributed by atoms with Crippen LogP contribution in [0.1, 0.15) is 49.9 Å². The van der Waals surface area contributed by atoms with Crippen LogP contribution >= 0.6 is 0 Å². The highest BCUT2D eigenvalue weighted by atomic mass is 19.4. The first-order valence-corrected chi connectivity index (χ1v) is 10.4. The third-order valence-electron chi connectivity index (χ3n) is 5.67. The fourth-order valence-corrected chi connectivity index (χ4v) is 4.14. The number of carbonyl (C=O) groups excluding carboxylic acids is 1. The zero-order valence-electron chi connectivity index (χ0n) is 18.9. The minimum Gasteiger partial charge on any atom is -0.444 e. The van der Waals surface area contributed by atoms with Crippen molar-refractivity contribution in [3.63, 3.8) is 0 Å². The second-order valence-electron chi connectivity index (χ2n) is 9.67. The molecule has 2 heterocycles. The van der Waals surface area contributed by atoms with Crippen molar-refractivity contribution in [1.29, 1.82) is 5.26 Å². The Balaban J connectivity index is 1.99. The maximum Gasteiger partial charge on any atom is 0.410 e. The lowest BCUT2D eigenvalue weighted by atomic mass is 9.62. The van der Waals surface area contributed by atoms with Crippen molar-refractivity contribution in [3.05, 3.63) is 65.0 Å². The molecule has 0 unspecified atom stereocenters. The van der Waals surface area contributed by atoms with Crippen molar-refractivity contribution in [3.8, 4) is 6.07 Å². The number of rotatable bonds is 4. The summed E-state index contributed by atoms with van der Waals surface area (Å²) in [5.74, 6) is 0. The van der Waals surface area contributed by atoms with E-state index in [-0.39, 0.29) is 24.2 Å². The maximum atomic E-state index is 12.8. The molecule has 1 aliphatic rings. The summed E-state index contributed by atoms with van der Waals surface area (Å²) in [6.07, 6.45) is -3.18. The van der Waals surface area contributed by atoms with Crippen molar-refractivity contribution in [2.24, 2.45) is 5.41 Å². The number of benzene rings is 1. The van der Waals surface area contributed by atoms with Gasteiger partial charge in [0.25, 0.3) is 0 Å². The molecule has 3 rings (SSSR count). The Bertz CT molecular complexity index is 1070. The number of pyridine rings is 1. The summed E-state index contributed by atoms with van der Waals surface area (Å²) in [5, 5.41) is 21.4. The fraction of sp³-hybridized carbons (Fsp3) is 0.458. The van der Waals surface area contributed by atoms with E-state index in [1.54, 1.807) is 27.7 Å². The van der Waals surface area contributed by atoms with Gasteiger partial charge in [0.2, 0.25) is 0 Å². The topological polar surface area (TPSA) is 86.4 Å². The van der Waals surface area contributed by atoms with Gasteiger partial charge in [-0.15, -0.1) is 0 Å². The summed E-state index contributed by atoms with van der Waals surface area (Å²) in [4.78, 5) is 18.0. The average Bonchev–Trinajstić information content (AvgIpc) is 2.68. The quantitative estimate of drug-likeness (QED) is 0.722. The normalized spacial score (nSPS) is 17.5. The van der Waals surface area contributed by atoms with Crippen LogP contribution in [0.3, 0.4) is 0 Å². The molecule has 0 saturated carbocycles. The minimum atomic E-state index is -4.35. The van der Waals surface area contributed by atoms with E-state index in [9.17, 15) is 28.3 Å². The number of hydrogen-bond acceptors (Lipinski definition) is 5. The molecule has 1 aromatic carbocycles. The Kier molecular flexibility index (Phi) is 6.20. The van der Waals surface area contributed by atoms with E-state index in [0.717, 1.165) is 0 Å². The van der Waals surface area contributed by atoms with Crippen LogP contribution in [0.4, 0.5) is 18.0 Å². The predicted octanol–water partition coefficient (Wildman–Crippen LogP) is 4.55. The van der Waals surface area contributed by atoms with E-state index >= 15 is 0 Å². The second kappa shape index (κ2) is 8.34. The van der Waals surface area contributed by atoms with Gasteiger partial charge in [-0.05, 0) is 38.0 Å². The number of alkyl halides is 3. The molecule has 1 saturated heterocycles. The van der Waals surface area contributed by atoms with E-state index in [1.165, 1.54) is 47.6 Å². The number of amides is 1. The SMILES string of the molecule is CC(C)(C)OC(=O)N1CC(C)([C@](O)(c2ccc(CC(F)(F)F)cc2)c2cncc(C#N)c2)C1. The molecular formula is C24H26F3N3O3. The van der Waals surface area contributed by atoms with Crippen LogP contribution in [0.15, 0.2) is 42.7 Å². The molecule has 0 spiro atoms. The number of nitrogens with zero attached hydrogens (tertiary/aromatic N) is 3. The number of hydrogen-bond donors (Lipinski definition) is 1. The molecule has 1 aromatic heterocycles. The molecule has 9 heteroatoms. The summed E-state index contributed by atoms with van der Waals surface area (Å²) >= 11 is 0. The zero-order chi connectivity index (χ0) is 24.7. The molecule has 1 amide bonds. The zero-order valence-corrected chi connectivity index (χ0v) is 18.9. The number of aliphatic hydroxyl groups is 1. The molecular weight excluding hydrogens is 435 g/mol. The standard InChI is InChI=1S/C24H26F3N3O3/c1-21(2,3)33-20(31)30-14-22(4,15-30)24(32,19-9-17(11-28)12-29-13-19)18-7-5-16(6-8-18)10-23(25,26)27/h5-9,12-13,32H,10,14-15H2,1-4H3/t24-/m0/s1. The summed E-state index contributed by atoms with van der Waals surface area (Å²) < 4.78 is 43.7. The predicted molar refractivity (Wildman–Crippen MR) is 114 cm³/mol. The van der Waals surface area contributed by atoms with E-state index in [2.05, 4.69) is 4.98 Å². The first kappa shape index (κ1) is 24.5.